The molecule has 1 aliphatic carbocycles. The van der Waals surface area contributed by atoms with E-state index in [1.54, 1.807) is 25.3 Å². The van der Waals surface area contributed by atoms with Gasteiger partial charge in [-0.05, 0) is 49.6 Å². The number of ether oxygens (including phenoxy) is 4. The van der Waals surface area contributed by atoms with Crippen LogP contribution in [-0.4, -0.2) is 37.9 Å². The fourth-order valence-corrected chi connectivity index (χ4v) is 2.72. The van der Waals surface area contributed by atoms with E-state index in [0.717, 1.165) is 24.2 Å². The van der Waals surface area contributed by atoms with Crippen LogP contribution in [0.15, 0.2) is 42.5 Å². The molecule has 1 N–H and O–H groups in total. The first kappa shape index (κ1) is 18.6. The highest BCUT2D eigenvalue weighted by Crippen LogP contribution is 2.31. The Morgan fingerprint density at radius 3 is 2.50 bits per heavy atom. The van der Waals surface area contributed by atoms with Crippen LogP contribution in [0.1, 0.15) is 35.7 Å². The Labute approximate surface area is 164 Å². The van der Waals surface area contributed by atoms with E-state index in [1.807, 2.05) is 31.2 Å². The molecule has 1 unspecified atom stereocenters. The lowest BCUT2D eigenvalue weighted by atomic mass is 10.1. The number of nitrogens with one attached hydrogen (secondary N) is 1. The summed E-state index contributed by atoms with van der Waals surface area (Å²) in [5.74, 6) is 1.86. The number of epoxide rings is 1. The molecule has 6 heteroatoms. The highest BCUT2D eigenvalue weighted by Gasteiger charge is 2.40. The van der Waals surface area contributed by atoms with Gasteiger partial charge in [-0.3, -0.25) is 4.79 Å². The zero-order chi connectivity index (χ0) is 19.6. The lowest BCUT2D eigenvalue weighted by Gasteiger charge is -2.15. The second kappa shape index (κ2) is 7.72. The first-order chi connectivity index (χ1) is 13.5. The second-order valence-electron chi connectivity index (χ2n) is 7.57. The second-order valence-corrected chi connectivity index (χ2v) is 7.57. The molecule has 2 aromatic rings. The Bertz CT molecular complexity index is 841. The minimum absolute atomic E-state index is 0.110. The minimum Gasteiger partial charge on any atom is -0.497 e. The standard InChI is InChI=1S/C22H25NO5/c1-22(14-28-22)13-27-20-11-18(9-10-19(20)21(24)23-16-5-6-16)26-12-15-3-7-17(25-2)8-4-15/h3-4,7-11,16H,5-6,12-14H2,1-2H3,(H,23,24). The number of hydrogen-bond acceptors (Lipinski definition) is 5. The normalized spacial score (nSPS) is 20.4. The van der Waals surface area contributed by atoms with Crippen LogP contribution >= 0.6 is 0 Å². The molecule has 1 saturated carbocycles. The predicted molar refractivity (Wildman–Crippen MR) is 104 cm³/mol. The zero-order valence-electron chi connectivity index (χ0n) is 16.2. The number of carbonyl (C=O) groups is 1. The summed E-state index contributed by atoms with van der Waals surface area (Å²) in [5, 5.41) is 3.01. The maximum atomic E-state index is 12.5. The minimum atomic E-state index is -0.260. The zero-order valence-corrected chi connectivity index (χ0v) is 16.2. The van der Waals surface area contributed by atoms with E-state index < -0.39 is 0 Å². The molecule has 0 spiro atoms. The van der Waals surface area contributed by atoms with Crippen LogP contribution in [0.5, 0.6) is 17.2 Å². The van der Waals surface area contributed by atoms with Gasteiger partial charge in [0.05, 0.1) is 19.3 Å². The molecule has 1 aliphatic heterocycles. The molecule has 2 fully saturated rings. The summed E-state index contributed by atoms with van der Waals surface area (Å²) >= 11 is 0. The Morgan fingerprint density at radius 1 is 1.14 bits per heavy atom. The Morgan fingerprint density at radius 2 is 1.86 bits per heavy atom. The van der Waals surface area contributed by atoms with Crippen molar-refractivity contribution in [2.75, 3.05) is 20.3 Å². The first-order valence-electron chi connectivity index (χ1n) is 9.52. The molecule has 0 bridgehead atoms. The van der Waals surface area contributed by atoms with Gasteiger partial charge in [-0.1, -0.05) is 12.1 Å². The third-order valence-corrected chi connectivity index (χ3v) is 4.84. The van der Waals surface area contributed by atoms with E-state index in [4.69, 9.17) is 18.9 Å². The molecule has 28 heavy (non-hydrogen) atoms. The van der Waals surface area contributed by atoms with E-state index in [-0.39, 0.29) is 17.6 Å². The molecule has 1 heterocycles. The van der Waals surface area contributed by atoms with Crippen LogP contribution < -0.4 is 19.5 Å². The molecule has 6 nitrogen and oxygen atoms in total. The van der Waals surface area contributed by atoms with Gasteiger partial charge >= 0.3 is 0 Å². The van der Waals surface area contributed by atoms with E-state index >= 15 is 0 Å². The first-order valence-corrected chi connectivity index (χ1v) is 9.52. The van der Waals surface area contributed by atoms with Gasteiger partial charge in [-0.15, -0.1) is 0 Å². The van der Waals surface area contributed by atoms with Crippen molar-refractivity contribution in [3.05, 3.63) is 53.6 Å². The van der Waals surface area contributed by atoms with Crippen LogP contribution in [0, 0.1) is 0 Å². The summed E-state index contributed by atoms with van der Waals surface area (Å²) < 4.78 is 22.4. The van der Waals surface area contributed by atoms with Crippen molar-refractivity contribution in [1.29, 1.82) is 0 Å². The van der Waals surface area contributed by atoms with Gasteiger partial charge < -0.3 is 24.3 Å². The van der Waals surface area contributed by atoms with Crippen molar-refractivity contribution in [3.63, 3.8) is 0 Å². The lowest BCUT2D eigenvalue weighted by molar-refractivity contribution is 0.0944. The lowest BCUT2D eigenvalue weighted by Crippen LogP contribution is -2.26. The average molecular weight is 383 g/mol. The van der Waals surface area contributed by atoms with E-state index in [1.165, 1.54) is 0 Å². The molecule has 0 radical (unpaired) electrons. The fourth-order valence-electron chi connectivity index (χ4n) is 2.72. The van der Waals surface area contributed by atoms with Crippen molar-refractivity contribution in [1.82, 2.24) is 5.32 Å². The maximum absolute atomic E-state index is 12.5. The molecule has 2 aliphatic rings. The van der Waals surface area contributed by atoms with E-state index in [2.05, 4.69) is 5.32 Å². The quantitative estimate of drug-likeness (QED) is 0.673. The SMILES string of the molecule is COc1ccc(COc2ccc(C(=O)NC3CC3)c(OCC3(C)CO3)c2)cc1. The molecule has 2 aromatic carbocycles. The predicted octanol–water partition coefficient (Wildman–Crippen LogP) is 3.33. The number of rotatable bonds is 9. The highest BCUT2D eigenvalue weighted by molar-refractivity contribution is 5.97. The van der Waals surface area contributed by atoms with Gasteiger partial charge in [-0.25, -0.2) is 0 Å². The summed E-state index contributed by atoms with van der Waals surface area (Å²) in [6.07, 6.45) is 2.08. The van der Waals surface area contributed by atoms with Gasteiger partial charge in [-0.2, -0.15) is 0 Å². The number of carbonyl (C=O) groups excluding carboxylic acids is 1. The van der Waals surface area contributed by atoms with Crippen molar-refractivity contribution in [2.24, 2.45) is 0 Å². The fraction of sp³-hybridized carbons (Fsp3) is 0.409. The smallest absolute Gasteiger partial charge is 0.255 e. The molecular weight excluding hydrogens is 358 g/mol. The van der Waals surface area contributed by atoms with Gasteiger partial charge in [0.1, 0.15) is 36.1 Å². The molecule has 4 rings (SSSR count). The molecule has 1 saturated heterocycles. The van der Waals surface area contributed by atoms with Gasteiger partial charge in [0.25, 0.3) is 5.91 Å². The molecular formula is C22H25NO5. The van der Waals surface area contributed by atoms with Crippen LogP contribution in [0.2, 0.25) is 0 Å². The van der Waals surface area contributed by atoms with Crippen molar-refractivity contribution >= 4 is 5.91 Å². The molecule has 0 aromatic heterocycles. The monoisotopic (exact) mass is 383 g/mol. The van der Waals surface area contributed by atoms with E-state index in [0.29, 0.717) is 36.9 Å². The third kappa shape index (κ3) is 4.75. The summed E-state index contributed by atoms with van der Waals surface area (Å²) in [4.78, 5) is 12.5. The Balaban J connectivity index is 1.45. The van der Waals surface area contributed by atoms with Crippen LogP contribution in [0.3, 0.4) is 0 Å². The third-order valence-electron chi connectivity index (χ3n) is 4.84. The highest BCUT2D eigenvalue weighted by atomic mass is 16.6. The maximum Gasteiger partial charge on any atom is 0.255 e. The van der Waals surface area contributed by atoms with Crippen LogP contribution in [-0.2, 0) is 11.3 Å². The van der Waals surface area contributed by atoms with Gasteiger partial charge in [0, 0.05) is 12.1 Å². The van der Waals surface area contributed by atoms with Crippen LogP contribution in [0.4, 0.5) is 0 Å². The number of benzene rings is 2. The Kier molecular flexibility index (Phi) is 5.13. The summed E-state index contributed by atoms with van der Waals surface area (Å²) in [5.41, 5.74) is 1.29. The van der Waals surface area contributed by atoms with E-state index in [9.17, 15) is 4.79 Å². The average Bonchev–Trinajstić information content (AvgIpc) is 3.64. The number of amides is 1. The largest absolute Gasteiger partial charge is 0.497 e. The summed E-state index contributed by atoms with van der Waals surface area (Å²) in [7, 11) is 1.64. The number of methoxy groups -OCH3 is 1. The molecule has 1 atom stereocenters. The summed E-state index contributed by atoms with van der Waals surface area (Å²) in [6.45, 7) is 3.47. The number of hydrogen-bond donors (Lipinski definition) is 1. The van der Waals surface area contributed by atoms with Crippen molar-refractivity contribution < 1.29 is 23.7 Å². The Hall–Kier alpha value is -2.73. The van der Waals surface area contributed by atoms with Crippen molar-refractivity contribution in [2.45, 2.75) is 38.0 Å². The van der Waals surface area contributed by atoms with Crippen LogP contribution in [0.25, 0.3) is 0 Å². The van der Waals surface area contributed by atoms with Gasteiger partial charge in [0.2, 0.25) is 0 Å². The topological polar surface area (TPSA) is 69.3 Å². The van der Waals surface area contributed by atoms with Crippen molar-refractivity contribution in [3.8, 4) is 17.2 Å². The summed E-state index contributed by atoms with van der Waals surface area (Å²) in [6, 6.07) is 13.3. The van der Waals surface area contributed by atoms with Gasteiger partial charge in [0.15, 0.2) is 0 Å². The molecule has 1 amide bonds. The molecule has 148 valence electrons.